The Bertz CT molecular complexity index is 611. The van der Waals surface area contributed by atoms with Crippen molar-refractivity contribution in [2.45, 2.75) is 4.21 Å². The summed E-state index contributed by atoms with van der Waals surface area (Å²) >= 11 is -1.51. The van der Waals surface area contributed by atoms with E-state index in [-0.39, 0.29) is 20.7 Å². The Balaban J connectivity index is 2.13. The van der Waals surface area contributed by atoms with Gasteiger partial charge in [-0.2, -0.15) is 0 Å². The molecule has 1 aromatic carbocycles. The number of amides is 1. The van der Waals surface area contributed by atoms with Crippen molar-refractivity contribution >= 4 is 33.5 Å². The molecule has 2 aromatic rings. The molecule has 1 amide bonds. The molecule has 2 rings (SSSR count). The zero-order valence-electron chi connectivity index (χ0n) is 8.82. The quantitative estimate of drug-likeness (QED) is 0.827. The Morgan fingerprint density at radius 1 is 1.50 bits per heavy atom. The number of carbonyl (C=O) groups is 1. The van der Waals surface area contributed by atoms with Crippen molar-refractivity contribution in [3.8, 4) is 5.75 Å². The smallest absolute Gasteiger partial charge is 0.257 e. The molecule has 0 saturated heterocycles. The number of aromatic hydroxyl groups is 1. The first-order chi connectivity index (χ1) is 8.56. The molecular formula is C10H7N2O4S2-. The van der Waals surface area contributed by atoms with Crippen LogP contribution in [-0.4, -0.2) is 24.8 Å². The van der Waals surface area contributed by atoms with Gasteiger partial charge >= 0.3 is 0 Å². The molecule has 6 nitrogen and oxygen atoms in total. The second-order valence-electron chi connectivity index (χ2n) is 3.22. The second-order valence-corrected chi connectivity index (χ2v) is 5.42. The SMILES string of the molecule is O=C(Nc1ncc(S(=O)[O-])s1)c1cccc(O)c1. The summed E-state index contributed by atoms with van der Waals surface area (Å²) in [5.41, 5.74) is 0.259. The number of hydrogen-bond acceptors (Lipinski definition) is 6. The fourth-order valence-electron chi connectivity index (χ4n) is 1.21. The van der Waals surface area contributed by atoms with Crippen LogP contribution in [0.25, 0.3) is 0 Å². The fourth-order valence-corrected chi connectivity index (χ4v) is 2.40. The van der Waals surface area contributed by atoms with Crippen molar-refractivity contribution in [1.29, 1.82) is 0 Å². The van der Waals surface area contributed by atoms with Crippen LogP contribution in [0.3, 0.4) is 0 Å². The van der Waals surface area contributed by atoms with Crippen molar-refractivity contribution in [2.24, 2.45) is 0 Å². The molecule has 0 bridgehead atoms. The van der Waals surface area contributed by atoms with Gasteiger partial charge in [0, 0.05) is 5.56 Å². The van der Waals surface area contributed by atoms with Crippen LogP contribution in [0.1, 0.15) is 10.4 Å². The van der Waals surface area contributed by atoms with Gasteiger partial charge in [0.2, 0.25) is 0 Å². The van der Waals surface area contributed by atoms with Gasteiger partial charge in [0.05, 0.1) is 10.4 Å². The number of nitrogens with zero attached hydrogens (tertiary/aromatic N) is 1. The van der Waals surface area contributed by atoms with Gasteiger partial charge in [0.1, 0.15) is 5.75 Å². The highest BCUT2D eigenvalue weighted by atomic mass is 32.2. The summed E-state index contributed by atoms with van der Waals surface area (Å²) in [6.07, 6.45) is 1.16. The minimum absolute atomic E-state index is 0.0249. The van der Waals surface area contributed by atoms with E-state index in [1.807, 2.05) is 0 Å². The third-order valence-corrected chi connectivity index (χ3v) is 3.78. The molecule has 0 saturated carbocycles. The Hall–Kier alpha value is -1.77. The van der Waals surface area contributed by atoms with E-state index in [2.05, 4.69) is 10.3 Å². The van der Waals surface area contributed by atoms with E-state index >= 15 is 0 Å². The summed E-state index contributed by atoms with van der Waals surface area (Å²) in [4.78, 5) is 15.5. The van der Waals surface area contributed by atoms with Crippen molar-refractivity contribution < 1.29 is 18.7 Å². The summed E-state index contributed by atoms with van der Waals surface area (Å²) in [5, 5.41) is 11.9. The number of benzene rings is 1. The van der Waals surface area contributed by atoms with Gasteiger partial charge in [0.15, 0.2) is 5.13 Å². The van der Waals surface area contributed by atoms with Gasteiger partial charge < -0.3 is 9.66 Å². The summed E-state index contributed by atoms with van der Waals surface area (Å²) < 4.78 is 21.3. The van der Waals surface area contributed by atoms with E-state index in [1.54, 1.807) is 0 Å². The van der Waals surface area contributed by atoms with Gasteiger partial charge in [-0.15, -0.1) is 0 Å². The Labute approximate surface area is 109 Å². The van der Waals surface area contributed by atoms with Gasteiger partial charge in [-0.25, -0.2) is 4.98 Å². The van der Waals surface area contributed by atoms with E-state index in [0.29, 0.717) is 0 Å². The molecule has 0 aliphatic heterocycles. The molecule has 1 heterocycles. The Kier molecular flexibility index (Phi) is 3.70. The summed E-state index contributed by atoms with van der Waals surface area (Å²) in [6.45, 7) is 0. The van der Waals surface area contributed by atoms with E-state index in [4.69, 9.17) is 0 Å². The van der Waals surface area contributed by atoms with Crippen LogP contribution in [0.15, 0.2) is 34.7 Å². The molecule has 0 radical (unpaired) electrons. The van der Waals surface area contributed by atoms with E-state index in [0.717, 1.165) is 17.5 Å². The van der Waals surface area contributed by atoms with Gasteiger partial charge in [-0.3, -0.25) is 14.3 Å². The summed E-state index contributed by atoms with van der Waals surface area (Å²) in [7, 11) is 0. The van der Waals surface area contributed by atoms with Crippen molar-refractivity contribution in [3.63, 3.8) is 0 Å². The molecule has 8 heteroatoms. The largest absolute Gasteiger partial charge is 0.768 e. The molecule has 2 N–H and O–H groups in total. The maximum atomic E-state index is 11.7. The molecule has 1 atom stereocenters. The fraction of sp³-hybridized carbons (Fsp3) is 0. The zero-order valence-corrected chi connectivity index (χ0v) is 10.5. The monoisotopic (exact) mass is 283 g/mol. The first-order valence-corrected chi connectivity index (χ1v) is 6.61. The van der Waals surface area contributed by atoms with Crippen LogP contribution < -0.4 is 5.32 Å². The molecule has 0 spiro atoms. The minimum Gasteiger partial charge on any atom is -0.768 e. The normalized spacial score (nSPS) is 12.1. The average molecular weight is 283 g/mol. The molecular weight excluding hydrogens is 276 g/mol. The maximum Gasteiger partial charge on any atom is 0.257 e. The molecule has 1 aromatic heterocycles. The highest BCUT2D eigenvalue weighted by Crippen LogP contribution is 2.21. The predicted molar refractivity (Wildman–Crippen MR) is 65.4 cm³/mol. The Morgan fingerprint density at radius 2 is 2.28 bits per heavy atom. The highest BCUT2D eigenvalue weighted by Gasteiger charge is 2.09. The number of carbonyl (C=O) groups excluding carboxylic acids is 1. The van der Waals surface area contributed by atoms with Crippen LogP contribution in [0.4, 0.5) is 5.13 Å². The van der Waals surface area contributed by atoms with Crippen LogP contribution in [0, 0.1) is 0 Å². The summed E-state index contributed by atoms with van der Waals surface area (Å²) in [6, 6.07) is 5.80. The molecule has 0 aliphatic carbocycles. The topological polar surface area (TPSA) is 102 Å². The highest BCUT2D eigenvalue weighted by molar-refractivity contribution is 7.81. The van der Waals surface area contributed by atoms with Crippen LogP contribution >= 0.6 is 11.3 Å². The van der Waals surface area contributed by atoms with Gasteiger partial charge in [-0.1, -0.05) is 17.4 Å². The van der Waals surface area contributed by atoms with E-state index in [9.17, 15) is 18.7 Å². The van der Waals surface area contributed by atoms with Crippen LogP contribution in [0.5, 0.6) is 5.75 Å². The average Bonchev–Trinajstić information content (AvgIpc) is 2.77. The number of thiazole rings is 1. The lowest BCUT2D eigenvalue weighted by atomic mass is 10.2. The van der Waals surface area contributed by atoms with Crippen LogP contribution in [-0.2, 0) is 11.1 Å². The number of aromatic nitrogens is 1. The first-order valence-electron chi connectivity index (χ1n) is 4.72. The number of phenolic OH excluding ortho intramolecular Hbond substituents is 1. The van der Waals surface area contributed by atoms with E-state index < -0.39 is 17.0 Å². The Morgan fingerprint density at radius 3 is 2.89 bits per heavy atom. The lowest BCUT2D eigenvalue weighted by Crippen LogP contribution is -2.11. The molecule has 1 unspecified atom stereocenters. The second kappa shape index (κ2) is 5.25. The third kappa shape index (κ3) is 2.92. The number of hydrogen-bond donors (Lipinski definition) is 2. The zero-order chi connectivity index (χ0) is 13.1. The number of rotatable bonds is 3. The van der Waals surface area contributed by atoms with Gasteiger partial charge in [-0.05, 0) is 29.3 Å². The standard InChI is InChI=1S/C10H8N2O4S2/c13-7-3-1-2-6(4-7)9(14)12-10-11-5-8(17-10)18(15)16/h1-5,13H,(H,15,16)(H,11,12,14)/p-1. The first kappa shape index (κ1) is 12.7. The van der Waals surface area contributed by atoms with Crippen LogP contribution in [0.2, 0.25) is 0 Å². The number of nitrogens with one attached hydrogen (secondary N) is 1. The maximum absolute atomic E-state index is 11.7. The lowest BCUT2D eigenvalue weighted by Gasteiger charge is -2.02. The number of phenols is 1. The predicted octanol–water partition coefficient (Wildman–Crippen LogP) is 1.34. The van der Waals surface area contributed by atoms with E-state index in [1.165, 1.54) is 24.3 Å². The minimum atomic E-state index is -2.36. The van der Waals surface area contributed by atoms with Crippen molar-refractivity contribution in [3.05, 3.63) is 36.0 Å². The molecule has 18 heavy (non-hydrogen) atoms. The number of anilines is 1. The third-order valence-electron chi connectivity index (χ3n) is 1.98. The molecule has 0 fully saturated rings. The molecule has 94 valence electrons. The van der Waals surface area contributed by atoms with Crippen molar-refractivity contribution in [2.75, 3.05) is 5.32 Å². The lowest BCUT2D eigenvalue weighted by molar-refractivity contribution is 0.102. The van der Waals surface area contributed by atoms with Gasteiger partial charge in [0.25, 0.3) is 5.91 Å². The summed E-state index contributed by atoms with van der Waals surface area (Å²) in [5.74, 6) is -0.494. The molecule has 0 aliphatic rings. The van der Waals surface area contributed by atoms with Crippen molar-refractivity contribution in [1.82, 2.24) is 4.98 Å².